The number of benzene rings is 1. The predicted molar refractivity (Wildman–Crippen MR) is 131 cm³/mol. The van der Waals surface area contributed by atoms with E-state index in [1.54, 1.807) is 0 Å². The lowest BCUT2D eigenvalue weighted by Crippen LogP contribution is -2.35. The third-order valence-corrected chi connectivity index (χ3v) is 6.55. The van der Waals surface area contributed by atoms with E-state index in [2.05, 4.69) is 52.8 Å². The number of aromatic nitrogens is 1. The van der Waals surface area contributed by atoms with E-state index in [1.807, 2.05) is 6.20 Å². The first-order valence-electron chi connectivity index (χ1n) is 12.3. The number of anilines is 2. The normalized spacial score (nSPS) is 21.9. The number of aliphatic hydroxyl groups is 1. The van der Waals surface area contributed by atoms with E-state index >= 15 is 0 Å². The predicted octanol–water partition coefficient (Wildman–Crippen LogP) is 4.51. The standard InChI is InChI=1S/C26H38N4O2/c1-2-3-12-27-22-7-10-24(26(17-22)29-21-5-8-23(31)9-6-21)25-11-4-20(18-28-25)19-30-13-15-32-16-14-30/h4,7,10-11,17-18,21,23,27,29,31H,2-3,5-6,8-9,12-16,19H2,1H3. The molecule has 0 bridgehead atoms. The first kappa shape index (κ1) is 23.0. The zero-order chi connectivity index (χ0) is 22.2. The van der Waals surface area contributed by atoms with E-state index in [0.29, 0.717) is 6.04 Å². The molecule has 0 radical (unpaired) electrons. The van der Waals surface area contributed by atoms with Gasteiger partial charge in [-0.1, -0.05) is 19.4 Å². The summed E-state index contributed by atoms with van der Waals surface area (Å²) in [5, 5.41) is 17.2. The molecule has 0 unspecified atom stereocenters. The molecule has 6 nitrogen and oxygen atoms in total. The van der Waals surface area contributed by atoms with Crippen LogP contribution in [0.5, 0.6) is 0 Å². The fraction of sp³-hybridized carbons (Fsp3) is 0.577. The van der Waals surface area contributed by atoms with Gasteiger partial charge in [0.2, 0.25) is 0 Å². The topological polar surface area (TPSA) is 69.7 Å². The molecular weight excluding hydrogens is 400 g/mol. The minimum Gasteiger partial charge on any atom is -0.393 e. The summed E-state index contributed by atoms with van der Waals surface area (Å²) in [6.07, 6.45) is 7.96. The van der Waals surface area contributed by atoms with E-state index in [4.69, 9.17) is 9.72 Å². The number of pyridine rings is 1. The second-order valence-corrected chi connectivity index (χ2v) is 9.13. The highest BCUT2D eigenvalue weighted by atomic mass is 16.5. The van der Waals surface area contributed by atoms with Gasteiger partial charge in [0.1, 0.15) is 0 Å². The van der Waals surface area contributed by atoms with E-state index in [-0.39, 0.29) is 6.10 Å². The molecule has 3 N–H and O–H groups in total. The summed E-state index contributed by atoms with van der Waals surface area (Å²) >= 11 is 0. The van der Waals surface area contributed by atoms with Gasteiger partial charge in [-0.15, -0.1) is 0 Å². The van der Waals surface area contributed by atoms with Crippen LogP contribution in [0.3, 0.4) is 0 Å². The van der Waals surface area contributed by atoms with Gasteiger partial charge in [0.05, 0.1) is 25.0 Å². The van der Waals surface area contributed by atoms with Crippen LogP contribution in [0, 0.1) is 0 Å². The molecule has 0 spiro atoms. The van der Waals surface area contributed by atoms with Crippen molar-refractivity contribution in [2.24, 2.45) is 0 Å². The van der Waals surface area contributed by atoms with Crippen molar-refractivity contribution in [1.29, 1.82) is 0 Å². The molecule has 2 heterocycles. The number of hydrogen-bond acceptors (Lipinski definition) is 6. The van der Waals surface area contributed by atoms with Crippen molar-refractivity contribution in [3.8, 4) is 11.3 Å². The van der Waals surface area contributed by atoms with Crippen molar-refractivity contribution < 1.29 is 9.84 Å². The highest BCUT2D eigenvalue weighted by Crippen LogP contribution is 2.32. The fourth-order valence-electron chi connectivity index (χ4n) is 4.54. The molecule has 0 atom stereocenters. The number of nitrogens with zero attached hydrogens (tertiary/aromatic N) is 2. The molecule has 1 aliphatic carbocycles. The molecule has 174 valence electrons. The maximum Gasteiger partial charge on any atom is 0.0722 e. The van der Waals surface area contributed by atoms with Gasteiger partial charge in [0.25, 0.3) is 0 Å². The van der Waals surface area contributed by atoms with Crippen molar-refractivity contribution in [2.75, 3.05) is 43.5 Å². The maximum atomic E-state index is 9.88. The number of hydrogen-bond donors (Lipinski definition) is 3. The average Bonchev–Trinajstić information content (AvgIpc) is 2.82. The Bertz CT molecular complexity index is 828. The second-order valence-electron chi connectivity index (χ2n) is 9.13. The lowest BCUT2D eigenvalue weighted by Gasteiger charge is -2.28. The Morgan fingerprint density at radius 2 is 1.91 bits per heavy atom. The summed E-state index contributed by atoms with van der Waals surface area (Å²) in [7, 11) is 0. The van der Waals surface area contributed by atoms with Crippen molar-refractivity contribution in [3.05, 3.63) is 42.1 Å². The smallest absolute Gasteiger partial charge is 0.0722 e. The quantitative estimate of drug-likeness (QED) is 0.501. The molecule has 4 rings (SSSR count). The SMILES string of the molecule is CCCCNc1ccc(-c2ccc(CN3CCOCC3)cn2)c(NC2CCC(O)CC2)c1. The van der Waals surface area contributed by atoms with Crippen LogP contribution in [0.4, 0.5) is 11.4 Å². The van der Waals surface area contributed by atoms with Gasteiger partial charge in [0, 0.05) is 55.4 Å². The summed E-state index contributed by atoms with van der Waals surface area (Å²) < 4.78 is 5.45. The Kier molecular flexibility index (Phi) is 8.37. The summed E-state index contributed by atoms with van der Waals surface area (Å²) in [6.45, 7) is 7.72. The zero-order valence-corrected chi connectivity index (χ0v) is 19.4. The molecule has 1 aromatic heterocycles. The highest BCUT2D eigenvalue weighted by molar-refractivity contribution is 5.79. The van der Waals surface area contributed by atoms with Crippen LogP contribution in [0.15, 0.2) is 36.5 Å². The summed E-state index contributed by atoms with van der Waals surface area (Å²) in [4.78, 5) is 7.25. The van der Waals surface area contributed by atoms with Crippen molar-refractivity contribution in [3.63, 3.8) is 0 Å². The van der Waals surface area contributed by atoms with E-state index in [1.165, 1.54) is 12.0 Å². The van der Waals surface area contributed by atoms with Crippen LogP contribution in [-0.4, -0.2) is 60.0 Å². The highest BCUT2D eigenvalue weighted by Gasteiger charge is 2.20. The molecule has 2 fully saturated rings. The minimum atomic E-state index is -0.143. The van der Waals surface area contributed by atoms with E-state index in [9.17, 15) is 5.11 Å². The Labute approximate surface area is 192 Å². The molecular formula is C26H38N4O2. The Balaban J connectivity index is 1.50. The molecule has 1 aliphatic heterocycles. The number of nitrogens with one attached hydrogen (secondary N) is 2. The van der Waals surface area contributed by atoms with Crippen molar-refractivity contribution >= 4 is 11.4 Å². The van der Waals surface area contributed by atoms with Crippen molar-refractivity contribution in [1.82, 2.24) is 9.88 Å². The average molecular weight is 439 g/mol. The largest absolute Gasteiger partial charge is 0.393 e. The monoisotopic (exact) mass is 438 g/mol. The van der Waals surface area contributed by atoms with Crippen LogP contribution in [0.1, 0.15) is 51.0 Å². The molecule has 2 aromatic rings. The molecule has 1 aromatic carbocycles. The third-order valence-electron chi connectivity index (χ3n) is 6.55. The molecule has 1 saturated carbocycles. The number of morpholine rings is 1. The van der Waals surface area contributed by atoms with Crippen molar-refractivity contribution in [2.45, 2.75) is 64.1 Å². The van der Waals surface area contributed by atoms with Gasteiger partial charge >= 0.3 is 0 Å². The maximum absolute atomic E-state index is 9.88. The molecule has 32 heavy (non-hydrogen) atoms. The van der Waals surface area contributed by atoms with Gasteiger partial charge < -0.3 is 20.5 Å². The summed E-state index contributed by atoms with van der Waals surface area (Å²) in [5.41, 5.74) is 5.64. The summed E-state index contributed by atoms with van der Waals surface area (Å²) in [6, 6.07) is 11.3. The zero-order valence-electron chi connectivity index (χ0n) is 19.4. The van der Waals surface area contributed by atoms with E-state index < -0.39 is 0 Å². The van der Waals surface area contributed by atoms with Gasteiger partial charge in [-0.2, -0.15) is 0 Å². The van der Waals surface area contributed by atoms with Gasteiger partial charge in [-0.3, -0.25) is 9.88 Å². The van der Waals surface area contributed by atoms with Crippen LogP contribution in [-0.2, 0) is 11.3 Å². The number of rotatable bonds is 9. The van der Waals surface area contributed by atoms with Crippen LogP contribution in [0.2, 0.25) is 0 Å². The van der Waals surface area contributed by atoms with Crippen LogP contribution in [0.25, 0.3) is 11.3 Å². The lowest BCUT2D eigenvalue weighted by atomic mass is 9.92. The summed E-state index contributed by atoms with van der Waals surface area (Å²) in [5.74, 6) is 0. The molecule has 0 amide bonds. The molecule has 2 aliphatic rings. The van der Waals surface area contributed by atoms with Gasteiger partial charge in [0.15, 0.2) is 0 Å². The Morgan fingerprint density at radius 3 is 2.62 bits per heavy atom. The van der Waals surface area contributed by atoms with Gasteiger partial charge in [-0.05, 0) is 61.9 Å². The van der Waals surface area contributed by atoms with Crippen LogP contribution < -0.4 is 10.6 Å². The lowest BCUT2D eigenvalue weighted by molar-refractivity contribution is 0.0341. The Hall–Kier alpha value is -2.15. The molecule has 6 heteroatoms. The first-order chi connectivity index (χ1) is 15.7. The van der Waals surface area contributed by atoms with Crippen LogP contribution >= 0.6 is 0 Å². The van der Waals surface area contributed by atoms with E-state index in [0.717, 1.165) is 94.1 Å². The fourth-order valence-corrected chi connectivity index (χ4v) is 4.54. The third kappa shape index (κ3) is 6.44. The second kappa shape index (κ2) is 11.6. The minimum absolute atomic E-state index is 0.143. The molecule has 1 saturated heterocycles. The first-order valence-corrected chi connectivity index (χ1v) is 12.3. The number of aliphatic hydroxyl groups excluding tert-OH is 1. The Morgan fingerprint density at radius 1 is 1.09 bits per heavy atom. The number of ether oxygens (including phenoxy) is 1. The van der Waals surface area contributed by atoms with Gasteiger partial charge in [-0.25, -0.2) is 0 Å². The number of unbranched alkanes of at least 4 members (excludes halogenated alkanes) is 1.